The number of amides is 1. The van der Waals surface area contributed by atoms with Crippen molar-refractivity contribution in [2.75, 3.05) is 18.5 Å². The number of hydroxylamine groups is 1. The highest BCUT2D eigenvalue weighted by Crippen LogP contribution is 2.25. The Bertz CT molecular complexity index is 1200. The van der Waals surface area contributed by atoms with Crippen LogP contribution in [0.4, 0.5) is 11.6 Å². The van der Waals surface area contributed by atoms with Gasteiger partial charge in [0.05, 0.1) is 17.2 Å². The smallest absolute Gasteiger partial charge is 0.345 e. The number of carboxylic acid groups (broad SMARTS) is 1. The number of hydrogen-bond donors (Lipinski definition) is 5. The number of nitrogens with zero attached hydrogens (tertiary/aromatic N) is 2. The third-order valence-corrected chi connectivity index (χ3v) is 8.26. The maximum Gasteiger partial charge on any atom is 0.345 e. The molecule has 37 heavy (non-hydrogen) atoms. The van der Waals surface area contributed by atoms with Gasteiger partial charge in [-0.2, -0.15) is 10.2 Å². The van der Waals surface area contributed by atoms with E-state index < -0.39 is 33.6 Å². The Kier molecular flexibility index (Phi) is 8.17. The van der Waals surface area contributed by atoms with Crippen molar-refractivity contribution in [3.8, 4) is 0 Å². The summed E-state index contributed by atoms with van der Waals surface area (Å²) in [7, 11) is -4.31. The van der Waals surface area contributed by atoms with Crippen LogP contribution in [0.2, 0.25) is 0 Å². The van der Waals surface area contributed by atoms with Crippen LogP contribution in [-0.4, -0.2) is 65.1 Å². The van der Waals surface area contributed by atoms with Crippen LogP contribution in [0.1, 0.15) is 57.3 Å². The van der Waals surface area contributed by atoms with Gasteiger partial charge in [0.2, 0.25) is 27.5 Å². The highest BCUT2D eigenvalue weighted by atomic mass is 32.2. The van der Waals surface area contributed by atoms with Crippen molar-refractivity contribution < 1.29 is 28.0 Å². The van der Waals surface area contributed by atoms with Crippen LogP contribution in [0.3, 0.4) is 0 Å². The number of carboxylic acids is 1. The van der Waals surface area contributed by atoms with E-state index in [4.69, 9.17) is 4.84 Å². The number of rotatable bonds is 11. The summed E-state index contributed by atoms with van der Waals surface area (Å²) in [5, 5.41) is 13.2. The molecule has 1 aromatic heterocycles. The molecule has 0 radical (unpaired) electrons. The zero-order valence-electron chi connectivity index (χ0n) is 21.0. The number of anilines is 2. The fourth-order valence-electron chi connectivity index (χ4n) is 4.53. The van der Waals surface area contributed by atoms with E-state index in [1.54, 1.807) is 12.1 Å². The molecule has 5 N–H and O–H groups in total. The van der Waals surface area contributed by atoms with Crippen molar-refractivity contribution in [1.82, 2.24) is 25.1 Å². The van der Waals surface area contributed by atoms with Gasteiger partial charge in [0.1, 0.15) is 6.04 Å². The van der Waals surface area contributed by atoms with Gasteiger partial charge >= 0.3 is 5.97 Å². The Morgan fingerprint density at radius 3 is 2.59 bits per heavy atom. The summed E-state index contributed by atoms with van der Waals surface area (Å²) in [6.45, 7) is 3.45. The first-order valence-electron chi connectivity index (χ1n) is 12.5. The molecule has 1 fully saturated rings. The van der Waals surface area contributed by atoms with E-state index in [1.807, 2.05) is 6.92 Å². The second kappa shape index (κ2) is 11.2. The molecule has 12 nitrogen and oxygen atoms in total. The fourth-order valence-corrected chi connectivity index (χ4v) is 5.86. The number of benzene rings is 1. The van der Waals surface area contributed by atoms with Crippen molar-refractivity contribution in [3.63, 3.8) is 0 Å². The van der Waals surface area contributed by atoms with Crippen LogP contribution < -0.4 is 15.5 Å². The van der Waals surface area contributed by atoms with E-state index >= 15 is 0 Å². The Hall–Kier alpha value is -3.00. The van der Waals surface area contributed by atoms with Crippen LogP contribution in [0.25, 0.3) is 0 Å². The lowest BCUT2D eigenvalue weighted by molar-refractivity contribution is -0.160. The Labute approximate surface area is 216 Å². The van der Waals surface area contributed by atoms with Crippen LogP contribution >= 0.6 is 0 Å². The van der Waals surface area contributed by atoms with Gasteiger partial charge in [-0.1, -0.05) is 13.3 Å². The predicted molar refractivity (Wildman–Crippen MR) is 135 cm³/mol. The number of sulfonamides is 1. The molecule has 1 aliphatic carbocycles. The second-order valence-electron chi connectivity index (χ2n) is 9.50. The van der Waals surface area contributed by atoms with E-state index in [0.717, 1.165) is 42.0 Å². The number of carbonyl (C=O) groups excluding carboxylic acids is 1. The summed E-state index contributed by atoms with van der Waals surface area (Å²) in [6, 6.07) is 5.15. The van der Waals surface area contributed by atoms with Crippen molar-refractivity contribution in [2.24, 2.45) is 0 Å². The van der Waals surface area contributed by atoms with Gasteiger partial charge in [0, 0.05) is 17.9 Å². The number of fused-ring (bicyclic) bond motifs is 1. The molecular weight excluding hydrogens is 500 g/mol. The molecule has 13 heteroatoms. The fraction of sp³-hybridized carbons (Fsp3) is 0.542. The summed E-state index contributed by atoms with van der Waals surface area (Å²) in [5.74, 6) is -1.44. The molecule has 0 saturated carbocycles. The second-order valence-corrected chi connectivity index (χ2v) is 11.2. The first-order chi connectivity index (χ1) is 17.6. The Morgan fingerprint density at radius 1 is 1.24 bits per heavy atom. The topological polar surface area (TPSA) is 166 Å². The van der Waals surface area contributed by atoms with Gasteiger partial charge in [-0.05, 0) is 69.7 Å². The standard InChI is InChI=1S/C24H34N6O6S/c1-3-4-14-30(21(31)20-13-15-36-28-20)24(2,22(32)33)29-37(34,35)17-11-9-16(10-12-17)25-23-26-18-7-5-6-8-19(18)27-23/h9-12,20,28-29H,3-8,13-15H2,1-2H3,(H,32,33)(H2,25,26,27). The molecule has 2 heterocycles. The normalized spacial score (nSPS) is 19.1. The van der Waals surface area contributed by atoms with Gasteiger partial charge < -0.3 is 25.1 Å². The molecule has 2 atom stereocenters. The maximum absolute atomic E-state index is 13.3. The summed E-state index contributed by atoms with van der Waals surface area (Å²) < 4.78 is 28.8. The lowest BCUT2D eigenvalue weighted by Crippen LogP contribution is -2.67. The summed E-state index contributed by atoms with van der Waals surface area (Å²) >= 11 is 0. The largest absolute Gasteiger partial charge is 0.478 e. The lowest BCUT2D eigenvalue weighted by Gasteiger charge is -2.39. The number of aliphatic carboxylic acids is 1. The van der Waals surface area contributed by atoms with Gasteiger partial charge in [-0.3, -0.25) is 4.79 Å². The highest BCUT2D eigenvalue weighted by Gasteiger charge is 2.47. The molecule has 0 spiro atoms. The van der Waals surface area contributed by atoms with Gasteiger partial charge in [-0.15, -0.1) is 0 Å². The lowest BCUT2D eigenvalue weighted by atomic mass is 10.0. The minimum absolute atomic E-state index is 0.0643. The number of aryl methyl sites for hydroxylation is 2. The Balaban J connectivity index is 1.53. The summed E-state index contributed by atoms with van der Waals surface area (Å²) in [4.78, 5) is 39.4. The molecule has 2 aromatic rings. The van der Waals surface area contributed by atoms with Crippen LogP contribution in [0.15, 0.2) is 29.2 Å². The molecule has 1 saturated heterocycles. The molecular formula is C24H34N6O6S. The molecule has 0 bridgehead atoms. The summed E-state index contributed by atoms with van der Waals surface area (Å²) in [5.41, 5.74) is 3.16. The third kappa shape index (κ3) is 5.95. The Morgan fingerprint density at radius 2 is 1.97 bits per heavy atom. The van der Waals surface area contributed by atoms with Crippen LogP contribution in [-0.2, 0) is 37.3 Å². The SMILES string of the molecule is CCCCN(C(=O)C1CCON1)C(C)(NS(=O)(=O)c1ccc(Nc2nc3c([nH]2)CCCC3)cc1)C(=O)O. The third-order valence-electron chi connectivity index (χ3n) is 6.71. The molecule has 1 aliphatic heterocycles. The monoisotopic (exact) mass is 534 g/mol. The number of aromatic amines is 1. The van der Waals surface area contributed by atoms with Crippen LogP contribution in [0.5, 0.6) is 0 Å². The molecule has 2 aliphatic rings. The number of H-pyrrole nitrogens is 1. The van der Waals surface area contributed by atoms with Gasteiger partial charge in [0.15, 0.2) is 0 Å². The van der Waals surface area contributed by atoms with E-state index in [0.29, 0.717) is 37.5 Å². The number of hydrogen-bond acceptors (Lipinski definition) is 8. The minimum Gasteiger partial charge on any atom is -0.478 e. The predicted octanol–water partition coefficient (Wildman–Crippen LogP) is 2.03. The van der Waals surface area contributed by atoms with Crippen LogP contribution in [0, 0.1) is 0 Å². The van der Waals surface area contributed by atoms with Gasteiger partial charge in [0.25, 0.3) is 0 Å². The van der Waals surface area contributed by atoms with Crippen molar-refractivity contribution in [3.05, 3.63) is 35.7 Å². The summed E-state index contributed by atoms with van der Waals surface area (Å²) in [6.07, 6.45) is 5.66. The average Bonchev–Trinajstić information content (AvgIpc) is 3.54. The number of nitrogens with one attached hydrogen (secondary N) is 4. The van der Waals surface area contributed by atoms with E-state index in [9.17, 15) is 23.1 Å². The zero-order valence-corrected chi connectivity index (χ0v) is 21.9. The maximum atomic E-state index is 13.3. The number of unbranched alkanes of at least 4 members (excludes halogenated alkanes) is 1. The van der Waals surface area contributed by atoms with Gasteiger partial charge in [-0.25, -0.2) is 18.2 Å². The first-order valence-corrected chi connectivity index (χ1v) is 14.0. The quantitative estimate of drug-likeness (QED) is 0.271. The number of imidazole rings is 1. The van der Waals surface area contributed by atoms with E-state index in [1.165, 1.54) is 19.1 Å². The molecule has 2 unspecified atom stereocenters. The number of aromatic nitrogens is 2. The van der Waals surface area contributed by atoms with Crippen molar-refractivity contribution >= 4 is 33.5 Å². The van der Waals surface area contributed by atoms with E-state index in [2.05, 4.69) is 25.5 Å². The molecule has 1 aromatic carbocycles. The zero-order chi connectivity index (χ0) is 26.6. The number of carbonyl (C=O) groups is 2. The average molecular weight is 535 g/mol. The first kappa shape index (κ1) is 27.0. The van der Waals surface area contributed by atoms with Crippen molar-refractivity contribution in [1.29, 1.82) is 0 Å². The minimum atomic E-state index is -4.31. The highest BCUT2D eigenvalue weighted by molar-refractivity contribution is 7.89. The van der Waals surface area contributed by atoms with Crippen molar-refractivity contribution in [2.45, 2.75) is 75.4 Å². The molecule has 202 valence electrons. The molecule has 1 amide bonds. The van der Waals surface area contributed by atoms with E-state index in [-0.39, 0.29) is 11.4 Å². The molecule has 4 rings (SSSR count).